The number of benzene rings is 2. The van der Waals surface area contributed by atoms with Crippen molar-refractivity contribution in [1.29, 1.82) is 0 Å². The van der Waals surface area contributed by atoms with Crippen molar-refractivity contribution in [2.45, 2.75) is 0 Å². The van der Waals surface area contributed by atoms with Gasteiger partial charge in [0, 0.05) is 12.6 Å². The Hall–Kier alpha value is -2.60. The van der Waals surface area contributed by atoms with E-state index in [-0.39, 0.29) is 11.5 Å². The molecule has 0 saturated carbocycles. The van der Waals surface area contributed by atoms with Crippen LogP contribution in [-0.4, -0.2) is 21.0 Å². The number of phenols is 2. The molecule has 6 heteroatoms. The van der Waals surface area contributed by atoms with Gasteiger partial charge in [-0.3, -0.25) is 0 Å². The predicted octanol–water partition coefficient (Wildman–Crippen LogP) is 2.59. The summed E-state index contributed by atoms with van der Waals surface area (Å²) >= 11 is 1.54. The van der Waals surface area contributed by atoms with E-state index in [0.29, 0.717) is 5.56 Å². The van der Waals surface area contributed by atoms with Gasteiger partial charge < -0.3 is 14.8 Å². The van der Waals surface area contributed by atoms with Crippen LogP contribution in [0, 0.1) is 0 Å². The number of phenolic OH excluding ortho intramolecular Hbond substituents is 2. The van der Waals surface area contributed by atoms with Crippen molar-refractivity contribution in [3.63, 3.8) is 0 Å². The number of nitrogens with zero attached hydrogens (tertiary/aromatic N) is 3. The molecule has 0 unspecified atom stereocenters. The number of thiazole rings is 1. The molecule has 0 saturated heterocycles. The Morgan fingerprint density at radius 3 is 2.76 bits per heavy atom. The van der Waals surface area contributed by atoms with Gasteiger partial charge in [0.05, 0.1) is 16.4 Å². The van der Waals surface area contributed by atoms with Crippen LogP contribution in [0.3, 0.4) is 0 Å². The van der Waals surface area contributed by atoms with Crippen molar-refractivity contribution in [2.24, 2.45) is 17.3 Å². The number of fused-ring (bicyclic) bond motifs is 1. The van der Waals surface area contributed by atoms with Crippen LogP contribution < -0.4 is 4.80 Å². The highest BCUT2D eigenvalue weighted by Gasteiger charge is 2.01. The summed E-state index contributed by atoms with van der Waals surface area (Å²) in [6.07, 6.45) is 1.42. The summed E-state index contributed by atoms with van der Waals surface area (Å²) in [5.74, 6) is 0.120. The fourth-order valence-electron chi connectivity index (χ4n) is 1.96. The molecule has 0 fully saturated rings. The van der Waals surface area contributed by atoms with Gasteiger partial charge >= 0.3 is 0 Å². The topological polar surface area (TPSA) is 70.1 Å². The third kappa shape index (κ3) is 2.66. The molecule has 0 aliphatic carbocycles. The van der Waals surface area contributed by atoms with Gasteiger partial charge in [0.2, 0.25) is 4.80 Å². The molecule has 21 heavy (non-hydrogen) atoms. The van der Waals surface area contributed by atoms with Crippen LogP contribution >= 0.6 is 11.3 Å². The maximum atomic E-state index is 9.65. The SMILES string of the molecule is Cn1/c(=N/N=C/c2cc(O)ccc2O)sc2ccccc21. The predicted molar refractivity (Wildman–Crippen MR) is 83.7 cm³/mol. The number of rotatable bonds is 2. The van der Waals surface area contributed by atoms with E-state index in [9.17, 15) is 10.2 Å². The van der Waals surface area contributed by atoms with Crippen LogP contribution in [0.2, 0.25) is 0 Å². The van der Waals surface area contributed by atoms with Gasteiger partial charge in [-0.05, 0) is 30.3 Å². The highest BCUT2D eigenvalue weighted by Crippen LogP contribution is 2.20. The van der Waals surface area contributed by atoms with E-state index in [1.807, 2.05) is 35.9 Å². The van der Waals surface area contributed by atoms with E-state index in [2.05, 4.69) is 10.2 Å². The summed E-state index contributed by atoms with van der Waals surface area (Å²) < 4.78 is 3.09. The number of hydrogen-bond donors (Lipinski definition) is 2. The maximum absolute atomic E-state index is 9.65. The first kappa shape index (κ1) is 13.4. The molecule has 2 aromatic carbocycles. The van der Waals surface area contributed by atoms with Crippen molar-refractivity contribution in [1.82, 2.24) is 4.57 Å². The summed E-state index contributed by atoms with van der Waals surface area (Å²) in [4.78, 5) is 0.757. The lowest BCUT2D eigenvalue weighted by atomic mass is 10.2. The van der Waals surface area contributed by atoms with E-state index in [1.165, 1.54) is 35.8 Å². The van der Waals surface area contributed by atoms with E-state index in [1.54, 1.807) is 0 Å². The summed E-state index contributed by atoms with van der Waals surface area (Å²) in [5, 5.41) is 27.2. The van der Waals surface area contributed by atoms with Crippen LogP contribution in [-0.2, 0) is 7.05 Å². The van der Waals surface area contributed by atoms with Gasteiger partial charge in [-0.2, -0.15) is 5.10 Å². The fourth-order valence-corrected chi connectivity index (χ4v) is 2.94. The molecule has 0 amide bonds. The zero-order valence-corrected chi connectivity index (χ0v) is 12.1. The van der Waals surface area contributed by atoms with Crippen LogP contribution in [0.15, 0.2) is 52.7 Å². The molecule has 2 N–H and O–H groups in total. The van der Waals surface area contributed by atoms with Crippen molar-refractivity contribution in [3.05, 3.63) is 52.8 Å². The summed E-state index contributed by atoms with van der Waals surface area (Å²) in [5.41, 5.74) is 1.51. The zero-order chi connectivity index (χ0) is 14.8. The first-order valence-corrected chi connectivity index (χ1v) is 7.10. The molecule has 0 aliphatic heterocycles. The number of aryl methyl sites for hydroxylation is 1. The van der Waals surface area contributed by atoms with Gasteiger partial charge in [-0.25, -0.2) is 0 Å². The molecule has 0 radical (unpaired) electrons. The largest absolute Gasteiger partial charge is 0.508 e. The molecule has 106 valence electrons. The van der Waals surface area contributed by atoms with Gasteiger partial charge in [-0.15, -0.1) is 5.10 Å². The molecular weight excluding hydrogens is 286 g/mol. The second kappa shape index (κ2) is 5.41. The van der Waals surface area contributed by atoms with Crippen molar-refractivity contribution < 1.29 is 10.2 Å². The Labute approximate surface area is 124 Å². The minimum Gasteiger partial charge on any atom is -0.508 e. The van der Waals surface area contributed by atoms with E-state index in [4.69, 9.17) is 0 Å². The van der Waals surface area contributed by atoms with E-state index >= 15 is 0 Å². The quantitative estimate of drug-likeness (QED) is 0.434. The minimum absolute atomic E-state index is 0.0486. The van der Waals surface area contributed by atoms with Crippen LogP contribution in [0.5, 0.6) is 11.5 Å². The Kier molecular flexibility index (Phi) is 3.45. The second-order valence-electron chi connectivity index (χ2n) is 4.50. The summed E-state index contributed by atoms with van der Waals surface area (Å²) in [7, 11) is 1.93. The highest BCUT2D eigenvalue weighted by atomic mass is 32.1. The van der Waals surface area contributed by atoms with Crippen molar-refractivity contribution in [3.8, 4) is 11.5 Å². The molecule has 3 rings (SSSR count). The monoisotopic (exact) mass is 299 g/mol. The van der Waals surface area contributed by atoms with Crippen LogP contribution in [0.4, 0.5) is 0 Å². The van der Waals surface area contributed by atoms with Gasteiger partial charge in [-0.1, -0.05) is 23.5 Å². The molecule has 5 nitrogen and oxygen atoms in total. The number of aromatic hydroxyl groups is 2. The lowest BCUT2D eigenvalue weighted by Crippen LogP contribution is -2.08. The molecule has 3 aromatic rings. The van der Waals surface area contributed by atoms with Crippen LogP contribution in [0.1, 0.15) is 5.56 Å². The molecule has 0 atom stereocenters. The lowest BCUT2D eigenvalue weighted by Gasteiger charge is -1.97. The Bertz CT molecular complexity index is 893. The number of hydrogen-bond acceptors (Lipinski definition) is 5. The van der Waals surface area contributed by atoms with Gasteiger partial charge in [0.15, 0.2) is 0 Å². The van der Waals surface area contributed by atoms with Gasteiger partial charge in [0.1, 0.15) is 11.5 Å². The second-order valence-corrected chi connectivity index (χ2v) is 5.51. The van der Waals surface area contributed by atoms with Crippen molar-refractivity contribution in [2.75, 3.05) is 0 Å². The summed E-state index contributed by atoms with van der Waals surface area (Å²) in [6.45, 7) is 0. The Morgan fingerprint density at radius 2 is 1.95 bits per heavy atom. The first-order chi connectivity index (χ1) is 10.1. The molecule has 0 spiro atoms. The molecule has 0 bridgehead atoms. The summed E-state index contributed by atoms with van der Waals surface area (Å²) in [6, 6.07) is 12.3. The molecule has 0 aliphatic rings. The third-order valence-corrected chi connectivity index (χ3v) is 4.17. The van der Waals surface area contributed by atoms with Crippen LogP contribution in [0.25, 0.3) is 10.2 Å². The Balaban J connectivity index is 1.99. The third-order valence-electron chi connectivity index (χ3n) is 3.07. The highest BCUT2D eigenvalue weighted by molar-refractivity contribution is 7.16. The maximum Gasteiger partial charge on any atom is 0.211 e. The average Bonchev–Trinajstić information content (AvgIpc) is 2.80. The standard InChI is InChI=1S/C15H13N3O2S/c1-18-12-4-2-3-5-14(12)21-15(18)17-16-9-10-8-11(19)6-7-13(10)20/h2-9,19-20H,1H3/b16-9+,17-15-. The first-order valence-electron chi connectivity index (χ1n) is 6.29. The zero-order valence-electron chi connectivity index (χ0n) is 11.3. The molecular formula is C15H13N3O2S. The lowest BCUT2D eigenvalue weighted by molar-refractivity contribution is 0.459. The normalized spacial score (nSPS) is 12.5. The fraction of sp³-hybridized carbons (Fsp3) is 0.0667. The van der Waals surface area contributed by atoms with Gasteiger partial charge in [0.25, 0.3) is 0 Å². The van der Waals surface area contributed by atoms with Crippen molar-refractivity contribution >= 4 is 27.8 Å². The smallest absolute Gasteiger partial charge is 0.211 e. The number of aromatic nitrogens is 1. The molecule has 1 heterocycles. The van der Waals surface area contributed by atoms with E-state index < -0.39 is 0 Å². The average molecular weight is 299 g/mol. The number of para-hydroxylation sites is 1. The molecule has 1 aromatic heterocycles. The Morgan fingerprint density at radius 1 is 1.14 bits per heavy atom. The minimum atomic E-state index is 0.0486. The van der Waals surface area contributed by atoms with E-state index in [0.717, 1.165) is 15.0 Å².